The van der Waals surface area contributed by atoms with E-state index in [1.54, 1.807) is 0 Å². The van der Waals surface area contributed by atoms with Crippen molar-refractivity contribution in [2.45, 2.75) is 38.1 Å². The smallest absolute Gasteiger partial charge is 0.0373 e. The molecule has 0 radical (unpaired) electrons. The molecule has 1 aliphatic rings. The first-order chi connectivity index (χ1) is 6.45. The van der Waals surface area contributed by atoms with E-state index in [-0.39, 0.29) is 12.4 Å². The number of hydrogen-bond donors (Lipinski definition) is 1. The Morgan fingerprint density at radius 1 is 1.07 bits per heavy atom. The summed E-state index contributed by atoms with van der Waals surface area (Å²) in [5.41, 5.74) is 1.21. The summed E-state index contributed by atoms with van der Waals surface area (Å²) in [6.07, 6.45) is 10.5. The van der Waals surface area contributed by atoms with Crippen LogP contribution in [0.3, 0.4) is 0 Å². The van der Waals surface area contributed by atoms with Crippen molar-refractivity contribution in [2.75, 3.05) is 5.32 Å². The molecule has 0 spiro atoms. The Balaban J connectivity index is 0.000000980. The molecule has 2 nitrogen and oxygen atoms in total. The number of halogens is 1. The number of hydrogen-bond acceptors (Lipinski definition) is 2. The van der Waals surface area contributed by atoms with Crippen LogP contribution >= 0.6 is 12.4 Å². The van der Waals surface area contributed by atoms with E-state index in [0.717, 1.165) is 0 Å². The van der Waals surface area contributed by atoms with Crippen LogP contribution in [0.25, 0.3) is 0 Å². The van der Waals surface area contributed by atoms with Crippen molar-refractivity contribution in [3.63, 3.8) is 0 Å². The Hall–Kier alpha value is -0.760. The van der Waals surface area contributed by atoms with E-state index < -0.39 is 0 Å². The van der Waals surface area contributed by atoms with E-state index in [4.69, 9.17) is 0 Å². The van der Waals surface area contributed by atoms with E-state index in [2.05, 4.69) is 10.3 Å². The van der Waals surface area contributed by atoms with E-state index in [1.807, 2.05) is 24.5 Å². The summed E-state index contributed by atoms with van der Waals surface area (Å²) in [7, 11) is 0. The standard InChI is InChI=1S/C11H16N2.ClH/c1-2-4-10(5-3-1)13-11-6-8-12-9-7-11;/h6-10H,1-5H2,(H,12,13);1H. The SMILES string of the molecule is Cl.c1cc(NC2CCCCC2)ccn1. The molecule has 78 valence electrons. The predicted molar refractivity (Wildman–Crippen MR) is 62.0 cm³/mol. The fourth-order valence-electron chi connectivity index (χ4n) is 1.93. The third-order valence-electron chi connectivity index (χ3n) is 2.66. The van der Waals surface area contributed by atoms with Gasteiger partial charge in [-0.15, -0.1) is 12.4 Å². The van der Waals surface area contributed by atoms with Crippen LogP contribution in [0, 0.1) is 0 Å². The molecule has 1 fully saturated rings. The lowest BCUT2D eigenvalue weighted by molar-refractivity contribution is 0.463. The average molecular weight is 213 g/mol. The van der Waals surface area contributed by atoms with Gasteiger partial charge in [0.15, 0.2) is 0 Å². The zero-order valence-electron chi connectivity index (χ0n) is 8.28. The molecule has 14 heavy (non-hydrogen) atoms. The first kappa shape index (κ1) is 11.3. The number of anilines is 1. The molecule has 0 saturated heterocycles. The van der Waals surface area contributed by atoms with E-state index in [9.17, 15) is 0 Å². The number of nitrogens with one attached hydrogen (secondary N) is 1. The second-order valence-corrected chi connectivity index (χ2v) is 3.72. The summed E-state index contributed by atoms with van der Waals surface area (Å²) in [5, 5.41) is 3.54. The van der Waals surface area contributed by atoms with Gasteiger partial charge in [-0.3, -0.25) is 4.98 Å². The molecule has 2 rings (SSSR count). The van der Waals surface area contributed by atoms with Gasteiger partial charge in [-0.05, 0) is 25.0 Å². The van der Waals surface area contributed by atoms with Crippen molar-refractivity contribution < 1.29 is 0 Å². The monoisotopic (exact) mass is 212 g/mol. The molecule has 1 aromatic rings. The van der Waals surface area contributed by atoms with Crippen LogP contribution in [0.1, 0.15) is 32.1 Å². The van der Waals surface area contributed by atoms with Crippen molar-refractivity contribution in [3.8, 4) is 0 Å². The van der Waals surface area contributed by atoms with Crippen molar-refractivity contribution in [3.05, 3.63) is 24.5 Å². The Kier molecular flexibility index (Phi) is 4.74. The predicted octanol–water partition coefficient (Wildman–Crippen LogP) is 3.25. The van der Waals surface area contributed by atoms with Gasteiger partial charge in [-0.1, -0.05) is 19.3 Å². The molecule has 0 bridgehead atoms. The van der Waals surface area contributed by atoms with Crippen molar-refractivity contribution in [1.82, 2.24) is 4.98 Å². The van der Waals surface area contributed by atoms with Gasteiger partial charge in [-0.25, -0.2) is 0 Å². The molecule has 0 atom stereocenters. The lowest BCUT2D eigenvalue weighted by Gasteiger charge is -2.23. The van der Waals surface area contributed by atoms with Gasteiger partial charge in [-0.2, -0.15) is 0 Å². The fourth-order valence-corrected chi connectivity index (χ4v) is 1.93. The topological polar surface area (TPSA) is 24.9 Å². The van der Waals surface area contributed by atoms with E-state index >= 15 is 0 Å². The molecule has 1 aliphatic carbocycles. The van der Waals surface area contributed by atoms with Crippen molar-refractivity contribution in [2.24, 2.45) is 0 Å². The molecule has 0 aromatic carbocycles. The third kappa shape index (κ3) is 3.18. The Labute approximate surface area is 91.5 Å². The highest BCUT2D eigenvalue weighted by Crippen LogP contribution is 2.20. The van der Waals surface area contributed by atoms with Crippen LogP contribution in [-0.2, 0) is 0 Å². The molecule has 0 aliphatic heterocycles. The highest BCUT2D eigenvalue weighted by Gasteiger charge is 2.12. The molecule has 1 saturated carbocycles. The van der Waals surface area contributed by atoms with E-state index in [0.29, 0.717) is 6.04 Å². The number of pyridine rings is 1. The van der Waals surface area contributed by atoms with E-state index in [1.165, 1.54) is 37.8 Å². The molecular formula is C11H17ClN2. The van der Waals surface area contributed by atoms with Crippen LogP contribution < -0.4 is 5.32 Å². The van der Waals surface area contributed by atoms with Gasteiger partial charge >= 0.3 is 0 Å². The Morgan fingerprint density at radius 2 is 1.71 bits per heavy atom. The maximum absolute atomic E-state index is 4.00. The number of aromatic nitrogens is 1. The largest absolute Gasteiger partial charge is 0.382 e. The Morgan fingerprint density at radius 3 is 2.36 bits per heavy atom. The minimum Gasteiger partial charge on any atom is -0.382 e. The zero-order chi connectivity index (χ0) is 8.93. The molecule has 1 heterocycles. The lowest BCUT2D eigenvalue weighted by Crippen LogP contribution is -2.22. The Bertz CT molecular complexity index is 245. The van der Waals surface area contributed by atoms with Crippen LogP contribution in [-0.4, -0.2) is 11.0 Å². The second kappa shape index (κ2) is 5.86. The number of nitrogens with zero attached hydrogens (tertiary/aromatic N) is 1. The van der Waals surface area contributed by atoms with Crippen molar-refractivity contribution in [1.29, 1.82) is 0 Å². The highest BCUT2D eigenvalue weighted by molar-refractivity contribution is 5.85. The lowest BCUT2D eigenvalue weighted by atomic mass is 9.95. The van der Waals surface area contributed by atoms with Gasteiger partial charge in [0.1, 0.15) is 0 Å². The van der Waals surface area contributed by atoms with Crippen LogP contribution in [0.4, 0.5) is 5.69 Å². The average Bonchev–Trinajstić information content (AvgIpc) is 2.21. The first-order valence-electron chi connectivity index (χ1n) is 5.12. The summed E-state index contributed by atoms with van der Waals surface area (Å²) >= 11 is 0. The summed E-state index contributed by atoms with van der Waals surface area (Å²) < 4.78 is 0. The summed E-state index contributed by atoms with van der Waals surface area (Å²) in [6.45, 7) is 0. The van der Waals surface area contributed by atoms with Gasteiger partial charge in [0, 0.05) is 24.1 Å². The summed E-state index contributed by atoms with van der Waals surface area (Å²) in [4.78, 5) is 4.00. The van der Waals surface area contributed by atoms with Gasteiger partial charge < -0.3 is 5.32 Å². The summed E-state index contributed by atoms with van der Waals surface area (Å²) in [5.74, 6) is 0. The zero-order valence-corrected chi connectivity index (χ0v) is 9.09. The quantitative estimate of drug-likeness (QED) is 0.814. The highest BCUT2D eigenvalue weighted by atomic mass is 35.5. The molecule has 1 aromatic heterocycles. The van der Waals surface area contributed by atoms with Gasteiger partial charge in [0.2, 0.25) is 0 Å². The fraction of sp³-hybridized carbons (Fsp3) is 0.545. The van der Waals surface area contributed by atoms with Gasteiger partial charge in [0.25, 0.3) is 0 Å². The first-order valence-corrected chi connectivity index (χ1v) is 5.12. The molecule has 0 amide bonds. The molecular weight excluding hydrogens is 196 g/mol. The van der Waals surface area contributed by atoms with Gasteiger partial charge in [0.05, 0.1) is 0 Å². The third-order valence-corrected chi connectivity index (χ3v) is 2.66. The minimum atomic E-state index is 0. The normalized spacial score (nSPS) is 17.1. The van der Waals surface area contributed by atoms with Crippen LogP contribution in [0.2, 0.25) is 0 Å². The van der Waals surface area contributed by atoms with Crippen molar-refractivity contribution >= 4 is 18.1 Å². The second-order valence-electron chi connectivity index (χ2n) is 3.72. The molecule has 1 N–H and O–H groups in total. The number of rotatable bonds is 2. The maximum Gasteiger partial charge on any atom is 0.0373 e. The summed E-state index contributed by atoms with van der Waals surface area (Å²) in [6, 6.07) is 4.76. The minimum absolute atomic E-state index is 0. The van der Waals surface area contributed by atoms with Crippen LogP contribution in [0.5, 0.6) is 0 Å². The molecule has 0 unspecified atom stereocenters. The van der Waals surface area contributed by atoms with Crippen LogP contribution in [0.15, 0.2) is 24.5 Å². The molecule has 3 heteroatoms. The maximum atomic E-state index is 4.00.